The van der Waals surface area contributed by atoms with Gasteiger partial charge in [-0.25, -0.2) is 8.42 Å². The van der Waals surface area contributed by atoms with Gasteiger partial charge in [0.25, 0.3) is 0 Å². The fourth-order valence-corrected chi connectivity index (χ4v) is 3.26. The minimum Gasteiger partial charge on any atom is -0.384 e. The fourth-order valence-electron chi connectivity index (χ4n) is 2.29. The average molecular weight is 312 g/mol. The Balaban J connectivity index is 2.21. The monoisotopic (exact) mass is 312 g/mol. The number of hydrogen-bond donors (Lipinski definition) is 1. The van der Waals surface area contributed by atoms with Crippen LogP contribution in [0, 0.1) is 6.92 Å². The van der Waals surface area contributed by atoms with Crippen LogP contribution in [-0.4, -0.2) is 40.3 Å². The molecule has 0 aromatic heterocycles. The van der Waals surface area contributed by atoms with Crippen molar-refractivity contribution in [1.82, 2.24) is 0 Å². The predicted molar refractivity (Wildman–Crippen MR) is 82.1 cm³/mol. The van der Waals surface area contributed by atoms with Crippen molar-refractivity contribution in [3.05, 3.63) is 23.8 Å². The summed E-state index contributed by atoms with van der Waals surface area (Å²) in [7, 11) is -1.99. The SMILES string of the molecule is COCCS(=O)(=O)Nc1ccc(C)c(N2CCCC2=O)c1. The number of anilines is 2. The summed E-state index contributed by atoms with van der Waals surface area (Å²) in [5, 5.41) is 0. The summed E-state index contributed by atoms with van der Waals surface area (Å²) in [4.78, 5) is 13.5. The number of rotatable bonds is 6. The first kappa shape index (κ1) is 15.8. The summed E-state index contributed by atoms with van der Waals surface area (Å²) < 4.78 is 31.0. The molecule has 0 aliphatic carbocycles. The number of methoxy groups -OCH3 is 1. The van der Waals surface area contributed by atoms with Crippen molar-refractivity contribution in [3.8, 4) is 0 Å². The second kappa shape index (κ2) is 6.44. The summed E-state index contributed by atoms with van der Waals surface area (Å²) in [6, 6.07) is 5.22. The molecule has 0 radical (unpaired) electrons. The molecular weight excluding hydrogens is 292 g/mol. The number of carbonyl (C=O) groups is 1. The van der Waals surface area contributed by atoms with E-state index < -0.39 is 10.0 Å². The van der Waals surface area contributed by atoms with Gasteiger partial charge in [-0.05, 0) is 31.0 Å². The standard InChI is InChI=1S/C14H20N2O4S/c1-11-5-6-12(15-21(18,19)9-8-20-2)10-13(11)16-7-3-4-14(16)17/h5-6,10,15H,3-4,7-9H2,1-2H3. The number of amides is 1. The third-order valence-corrected chi connectivity index (χ3v) is 4.65. The maximum Gasteiger partial charge on any atom is 0.235 e. The molecule has 1 aromatic carbocycles. The molecule has 0 saturated carbocycles. The largest absolute Gasteiger partial charge is 0.384 e. The van der Waals surface area contributed by atoms with Crippen molar-refractivity contribution in [2.24, 2.45) is 0 Å². The number of nitrogens with one attached hydrogen (secondary N) is 1. The van der Waals surface area contributed by atoms with Crippen LogP contribution in [0.1, 0.15) is 18.4 Å². The average Bonchev–Trinajstić information content (AvgIpc) is 2.84. The third-order valence-electron chi connectivity index (χ3n) is 3.40. The highest BCUT2D eigenvalue weighted by Gasteiger charge is 2.23. The summed E-state index contributed by atoms with van der Waals surface area (Å²) in [5.74, 6) is -0.0208. The first-order chi connectivity index (χ1) is 9.93. The van der Waals surface area contributed by atoms with Crippen LogP contribution < -0.4 is 9.62 Å². The first-order valence-electron chi connectivity index (χ1n) is 6.83. The Bertz CT molecular complexity index is 628. The van der Waals surface area contributed by atoms with Gasteiger partial charge in [0.2, 0.25) is 15.9 Å². The molecule has 1 N–H and O–H groups in total. The number of hydrogen-bond acceptors (Lipinski definition) is 4. The molecule has 0 spiro atoms. The number of benzene rings is 1. The molecule has 6 nitrogen and oxygen atoms in total. The van der Waals surface area contributed by atoms with Gasteiger partial charge in [-0.15, -0.1) is 0 Å². The van der Waals surface area contributed by atoms with Crippen molar-refractivity contribution in [2.75, 3.05) is 35.6 Å². The van der Waals surface area contributed by atoms with E-state index in [-0.39, 0.29) is 18.3 Å². The maximum absolute atomic E-state index is 11.9. The van der Waals surface area contributed by atoms with Crippen LogP contribution in [0.15, 0.2) is 18.2 Å². The molecule has 7 heteroatoms. The molecule has 0 unspecified atom stereocenters. The number of carbonyl (C=O) groups excluding carboxylic acids is 1. The summed E-state index contributed by atoms with van der Waals surface area (Å²) in [6.07, 6.45) is 1.38. The molecule has 2 rings (SSSR count). The van der Waals surface area contributed by atoms with Gasteiger partial charge >= 0.3 is 0 Å². The van der Waals surface area contributed by atoms with E-state index in [0.717, 1.165) is 17.7 Å². The van der Waals surface area contributed by atoms with Crippen LogP contribution in [0.25, 0.3) is 0 Å². The molecule has 1 aliphatic rings. The van der Waals surface area contributed by atoms with E-state index in [0.29, 0.717) is 18.7 Å². The van der Waals surface area contributed by atoms with E-state index in [1.807, 2.05) is 13.0 Å². The highest BCUT2D eigenvalue weighted by atomic mass is 32.2. The Morgan fingerprint density at radius 1 is 1.38 bits per heavy atom. The maximum atomic E-state index is 11.9. The van der Waals surface area contributed by atoms with Gasteiger partial charge in [-0.3, -0.25) is 9.52 Å². The van der Waals surface area contributed by atoms with Crippen LogP contribution in [-0.2, 0) is 19.6 Å². The smallest absolute Gasteiger partial charge is 0.235 e. The Labute approximate surface area is 125 Å². The lowest BCUT2D eigenvalue weighted by atomic mass is 10.1. The van der Waals surface area contributed by atoms with Crippen LogP contribution in [0.2, 0.25) is 0 Å². The predicted octanol–water partition coefficient (Wildman–Crippen LogP) is 1.51. The highest BCUT2D eigenvalue weighted by molar-refractivity contribution is 7.92. The Hall–Kier alpha value is -1.60. The molecular formula is C14H20N2O4S. The van der Waals surface area contributed by atoms with E-state index in [1.165, 1.54) is 7.11 Å². The second-order valence-corrected chi connectivity index (χ2v) is 6.91. The van der Waals surface area contributed by atoms with E-state index in [2.05, 4.69) is 4.72 Å². The van der Waals surface area contributed by atoms with Crippen LogP contribution in [0.4, 0.5) is 11.4 Å². The molecule has 1 heterocycles. The highest BCUT2D eigenvalue weighted by Crippen LogP contribution is 2.28. The van der Waals surface area contributed by atoms with Gasteiger partial charge in [0.15, 0.2) is 0 Å². The number of nitrogens with zero attached hydrogens (tertiary/aromatic N) is 1. The summed E-state index contributed by atoms with van der Waals surface area (Å²) in [6.45, 7) is 2.72. The summed E-state index contributed by atoms with van der Waals surface area (Å²) >= 11 is 0. The van der Waals surface area contributed by atoms with E-state index >= 15 is 0 Å². The van der Waals surface area contributed by atoms with Crippen molar-refractivity contribution in [2.45, 2.75) is 19.8 Å². The lowest BCUT2D eigenvalue weighted by Crippen LogP contribution is -2.25. The Morgan fingerprint density at radius 3 is 2.76 bits per heavy atom. The van der Waals surface area contributed by atoms with Crippen molar-refractivity contribution < 1.29 is 17.9 Å². The van der Waals surface area contributed by atoms with Gasteiger partial charge in [-0.2, -0.15) is 0 Å². The quantitative estimate of drug-likeness (QED) is 0.864. The van der Waals surface area contributed by atoms with E-state index in [9.17, 15) is 13.2 Å². The molecule has 1 aliphatic heterocycles. The van der Waals surface area contributed by atoms with E-state index in [4.69, 9.17) is 4.74 Å². The van der Waals surface area contributed by atoms with Gasteiger partial charge < -0.3 is 9.64 Å². The fraction of sp³-hybridized carbons (Fsp3) is 0.500. The minimum absolute atomic E-state index is 0.0810. The molecule has 0 atom stereocenters. The number of sulfonamides is 1. The van der Waals surface area contributed by atoms with Crippen molar-refractivity contribution in [1.29, 1.82) is 0 Å². The molecule has 116 valence electrons. The van der Waals surface area contributed by atoms with Gasteiger partial charge in [0.1, 0.15) is 0 Å². The molecule has 1 fully saturated rings. The molecule has 1 saturated heterocycles. The normalized spacial score (nSPS) is 15.5. The van der Waals surface area contributed by atoms with Crippen LogP contribution >= 0.6 is 0 Å². The topological polar surface area (TPSA) is 75.7 Å². The summed E-state index contributed by atoms with van der Waals surface area (Å²) in [5.41, 5.74) is 2.18. The minimum atomic E-state index is -3.44. The lowest BCUT2D eigenvalue weighted by molar-refractivity contribution is -0.117. The zero-order chi connectivity index (χ0) is 15.5. The zero-order valence-corrected chi connectivity index (χ0v) is 13.1. The first-order valence-corrected chi connectivity index (χ1v) is 8.48. The second-order valence-electron chi connectivity index (χ2n) is 5.06. The Morgan fingerprint density at radius 2 is 2.14 bits per heavy atom. The van der Waals surface area contributed by atoms with Crippen LogP contribution in [0.5, 0.6) is 0 Å². The third kappa shape index (κ3) is 3.95. The van der Waals surface area contributed by atoms with E-state index in [1.54, 1.807) is 17.0 Å². The molecule has 1 amide bonds. The zero-order valence-electron chi connectivity index (χ0n) is 12.3. The van der Waals surface area contributed by atoms with Crippen LogP contribution in [0.3, 0.4) is 0 Å². The van der Waals surface area contributed by atoms with Gasteiger partial charge in [-0.1, -0.05) is 6.07 Å². The van der Waals surface area contributed by atoms with Gasteiger partial charge in [0, 0.05) is 25.8 Å². The van der Waals surface area contributed by atoms with Gasteiger partial charge in [0.05, 0.1) is 18.0 Å². The van der Waals surface area contributed by atoms with Crippen molar-refractivity contribution in [3.63, 3.8) is 0 Å². The number of aryl methyl sites for hydroxylation is 1. The van der Waals surface area contributed by atoms with Crippen molar-refractivity contribution >= 4 is 27.3 Å². The molecule has 21 heavy (non-hydrogen) atoms. The lowest BCUT2D eigenvalue weighted by Gasteiger charge is -2.19. The number of ether oxygens (including phenoxy) is 1. The molecule has 0 bridgehead atoms. The molecule has 1 aromatic rings. The Kier molecular flexibility index (Phi) is 4.84.